The van der Waals surface area contributed by atoms with Gasteiger partial charge in [0.15, 0.2) is 6.40 Å². The fraction of sp³-hybridized carbons (Fsp3) is 0.375. The van der Waals surface area contributed by atoms with Gasteiger partial charge in [-0.05, 0) is 57.4 Å². The highest BCUT2D eigenvalue weighted by Gasteiger charge is 2.11. The van der Waals surface area contributed by atoms with Crippen LogP contribution in [0.4, 0.5) is 5.69 Å². The van der Waals surface area contributed by atoms with Crippen LogP contribution < -0.4 is 5.32 Å². The molecule has 1 aromatic rings. The molecule has 6 heteroatoms. The van der Waals surface area contributed by atoms with Gasteiger partial charge in [-0.2, -0.15) is 0 Å². The summed E-state index contributed by atoms with van der Waals surface area (Å²) in [7, 11) is 0. The van der Waals surface area contributed by atoms with Crippen molar-refractivity contribution in [1.82, 2.24) is 4.98 Å². The lowest BCUT2D eigenvalue weighted by Crippen LogP contribution is -2.15. The Balaban J connectivity index is 3.45. The molecular weight excluding hydrogens is 376 g/mol. The zero-order valence-electron chi connectivity index (χ0n) is 18.7. The van der Waals surface area contributed by atoms with Gasteiger partial charge in [-0.3, -0.25) is 10.8 Å². The summed E-state index contributed by atoms with van der Waals surface area (Å²) in [6, 6.07) is 3.89. The summed E-state index contributed by atoms with van der Waals surface area (Å²) in [5.41, 5.74) is 4.44. The summed E-state index contributed by atoms with van der Waals surface area (Å²) in [5, 5.41) is 17.9. The topological polar surface area (TPSA) is 91.1 Å². The molecule has 30 heavy (non-hydrogen) atoms. The minimum Gasteiger partial charge on any atom is -0.498 e. The van der Waals surface area contributed by atoms with Crippen LogP contribution >= 0.6 is 0 Å². The first-order chi connectivity index (χ1) is 14.5. The molecule has 0 aromatic carbocycles. The van der Waals surface area contributed by atoms with Gasteiger partial charge in [0, 0.05) is 11.3 Å². The zero-order chi connectivity index (χ0) is 22.4. The Morgan fingerprint density at radius 1 is 1.10 bits per heavy atom. The fourth-order valence-electron chi connectivity index (χ4n) is 2.72. The molecule has 0 aliphatic rings. The minimum atomic E-state index is -0.0309. The first-order valence-corrected chi connectivity index (χ1v) is 10.3. The van der Waals surface area contributed by atoms with Gasteiger partial charge in [-0.25, -0.2) is 4.98 Å². The van der Waals surface area contributed by atoms with E-state index in [1.807, 2.05) is 51.1 Å². The third-order valence-electron chi connectivity index (χ3n) is 4.16. The molecule has 0 amide bonds. The third-order valence-corrected chi connectivity index (χ3v) is 4.16. The number of rotatable bonds is 12. The number of hydrogen-bond acceptors (Lipinski definition) is 6. The first kappa shape index (κ1) is 24.9. The molecule has 0 radical (unpaired) electrons. The van der Waals surface area contributed by atoms with Gasteiger partial charge in [0.25, 0.3) is 0 Å². The molecule has 1 rings (SSSR count). The van der Waals surface area contributed by atoms with Crippen LogP contribution in [0.15, 0.2) is 48.3 Å². The van der Waals surface area contributed by atoms with Crippen LogP contribution in [0.2, 0.25) is 0 Å². The summed E-state index contributed by atoms with van der Waals surface area (Å²) < 4.78 is 10.6. The molecule has 0 aliphatic carbocycles. The van der Waals surface area contributed by atoms with E-state index in [4.69, 9.17) is 25.3 Å². The van der Waals surface area contributed by atoms with E-state index in [2.05, 4.69) is 31.3 Å². The van der Waals surface area contributed by atoms with Crippen LogP contribution in [-0.4, -0.2) is 30.4 Å². The summed E-state index contributed by atoms with van der Waals surface area (Å²) in [5.74, 6) is 0.767. The summed E-state index contributed by atoms with van der Waals surface area (Å²) >= 11 is 0. The number of aromatic nitrogens is 1. The quantitative estimate of drug-likeness (QED) is 0.166. The molecule has 1 aromatic heterocycles. The van der Waals surface area contributed by atoms with Crippen molar-refractivity contribution in [2.75, 3.05) is 18.5 Å². The molecule has 0 saturated heterocycles. The maximum atomic E-state index is 7.72. The predicted molar refractivity (Wildman–Crippen MR) is 127 cm³/mol. The van der Waals surface area contributed by atoms with Gasteiger partial charge in [0.05, 0.1) is 24.5 Å². The van der Waals surface area contributed by atoms with E-state index < -0.39 is 0 Å². The SMILES string of the molecule is CCC=C(C)c1cc(NCC(=N)OC=N)cc(C(/C=C\C=C\CC)=C(/C)OCC)n1. The lowest BCUT2D eigenvalue weighted by Gasteiger charge is -2.14. The summed E-state index contributed by atoms with van der Waals surface area (Å²) in [6.07, 6.45) is 12.9. The van der Waals surface area contributed by atoms with E-state index >= 15 is 0 Å². The smallest absolute Gasteiger partial charge is 0.208 e. The van der Waals surface area contributed by atoms with Crippen LogP contribution in [0.25, 0.3) is 11.1 Å². The lowest BCUT2D eigenvalue weighted by atomic mass is 10.1. The molecule has 0 saturated carbocycles. The lowest BCUT2D eigenvalue weighted by molar-refractivity contribution is 0.233. The Morgan fingerprint density at radius 2 is 1.83 bits per heavy atom. The summed E-state index contributed by atoms with van der Waals surface area (Å²) in [6.45, 7) is 10.9. The standard InChI is InChI=1S/C24H34N4O2/c1-6-9-10-11-13-21(19(5)29-8-3)23-15-20(27-16-24(26)30-17-25)14-22(28-23)18(4)12-7-2/h9-15,17,25-26H,6-8,16H2,1-5H3,(H,27,28)/b10-9+,13-11-,18-12?,21-19-,25-17?,26-24?. The van der Waals surface area contributed by atoms with Crippen molar-refractivity contribution in [3.05, 3.63) is 59.7 Å². The molecular formula is C24H34N4O2. The van der Waals surface area contributed by atoms with Gasteiger partial charge in [0.1, 0.15) is 5.76 Å². The molecule has 3 N–H and O–H groups in total. The normalized spacial score (nSPS) is 12.8. The highest BCUT2D eigenvalue weighted by Crippen LogP contribution is 2.26. The van der Waals surface area contributed by atoms with Crippen molar-refractivity contribution in [3.8, 4) is 0 Å². The van der Waals surface area contributed by atoms with Gasteiger partial charge >= 0.3 is 0 Å². The van der Waals surface area contributed by atoms with E-state index in [0.717, 1.165) is 53.2 Å². The van der Waals surface area contributed by atoms with E-state index in [0.29, 0.717) is 6.61 Å². The van der Waals surface area contributed by atoms with Crippen molar-refractivity contribution in [3.63, 3.8) is 0 Å². The van der Waals surface area contributed by atoms with Gasteiger partial charge in [-0.1, -0.05) is 38.2 Å². The number of nitrogens with one attached hydrogen (secondary N) is 3. The monoisotopic (exact) mass is 410 g/mol. The number of nitrogens with zero attached hydrogens (tertiary/aromatic N) is 1. The molecule has 0 unspecified atom stereocenters. The average Bonchev–Trinajstić information content (AvgIpc) is 2.72. The van der Waals surface area contributed by atoms with Crippen molar-refractivity contribution >= 4 is 29.1 Å². The van der Waals surface area contributed by atoms with Crippen LogP contribution in [0.1, 0.15) is 58.8 Å². The molecule has 0 spiro atoms. The minimum absolute atomic E-state index is 0.0309. The Labute approximate surface area is 180 Å². The molecule has 0 atom stereocenters. The number of anilines is 1. The molecule has 1 heterocycles. The predicted octanol–water partition coefficient (Wildman–Crippen LogP) is 6.20. The second-order valence-electron chi connectivity index (χ2n) is 6.53. The van der Waals surface area contributed by atoms with Crippen LogP contribution in [-0.2, 0) is 9.47 Å². The summed E-state index contributed by atoms with van der Waals surface area (Å²) in [4.78, 5) is 4.88. The third kappa shape index (κ3) is 8.47. The van der Waals surface area contributed by atoms with Crippen LogP contribution in [0, 0.1) is 10.8 Å². The van der Waals surface area contributed by atoms with Crippen molar-refractivity contribution < 1.29 is 9.47 Å². The molecule has 0 fully saturated rings. The van der Waals surface area contributed by atoms with Gasteiger partial charge in [0.2, 0.25) is 5.90 Å². The van der Waals surface area contributed by atoms with E-state index in [1.54, 1.807) is 0 Å². The maximum Gasteiger partial charge on any atom is 0.208 e. The highest BCUT2D eigenvalue weighted by molar-refractivity contribution is 5.84. The number of pyridine rings is 1. The molecule has 0 bridgehead atoms. The van der Waals surface area contributed by atoms with Crippen molar-refractivity contribution in [2.24, 2.45) is 0 Å². The van der Waals surface area contributed by atoms with Crippen molar-refractivity contribution in [2.45, 2.75) is 47.5 Å². The van der Waals surface area contributed by atoms with Gasteiger partial charge < -0.3 is 14.8 Å². The number of allylic oxidation sites excluding steroid dienone is 8. The Bertz CT molecular complexity index is 836. The zero-order valence-corrected chi connectivity index (χ0v) is 18.7. The largest absolute Gasteiger partial charge is 0.498 e. The van der Waals surface area contributed by atoms with Crippen molar-refractivity contribution in [1.29, 1.82) is 10.8 Å². The fourth-order valence-corrected chi connectivity index (χ4v) is 2.72. The number of ether oxygens (including phenoxy) is 2. The molecule has 6 nitrogen and oxygen atoms in total. The Kier molecular flexibility index (Phi) is 11.6. The second kappa shape index (κ2) is 13.9. The highest BCUT2D eigenvalue weighted by atomic mass is 16.5. The van der Waals surface area contributed by atoms with E-state index in [1.165, 1.54) is 0 Å². The number of hydrogen-bond donors (Lipinski definition) is 3. The van der Waals surface area contributed by atoms with E-state index in [-0.39, 0.29) is 12.4 Å². The maximum absolute atomic E-state index is 7.72. The van der Waals surface area contributed by atoms with Crippen LogP contribution in [0.3, 0.4) is 0 Å². The van der Waals surface area contributed by atoms with Crippen LogP contribution in [0.5, 0.6) is 0 Å². The first-order valence-electron chi connectivity index (χ1n) is 10.3. The molecule has 0 aliphatic heterocycles. The van der Waals surface area contributed by atoms with Gasteiger partial charge in [-0.15, -0.1) is 0 Å². The Morgan fingerprint density at radius 3 is 2.47 bits per heavy atom. The average molecular weight is 411 g/mol. The Hall–Kier alpha value is -3.15. The molecule has 162 valence electrons. The second-order valence-corrected chi connectivity index (χ2v) is 6.53. The van der Waals surface area contributed by atoms with E-state index in [9.17, 15) is 0 Å².